The van der Waals surface area contributed by atoms with E-state index in [2.05, 4.69) is 125 Å². The second kappa shape index (κ2) is 8.08. The summed E-state index contributed by atoms with van der Waals surface area (Å²) >= 11 is 0. The molecular weight excluding hydrogens is 490 g/mol. The highest BCUT2D eigenvalue weighted by Gasteiger charge is 2.31. The van der Waals surface area contributed by atoms with Crippen LogP contribution in [0.1, 0.15) is 17.5 Å². The predicted octanol–water partition coefficient (Wildman–Crippen LogP) is 9.27. The van der Waals surface area contributed by atoms with Crippen LogP contribution in [0, 0.1) is 0 Å². The molecule has 8 aromatic rings. The molecule has 0 radical (unpaired) electrons. The molecule has 188 valence electrons. The molecule has 40 heavy (non-hydrogen) atoms. The standard InChI is InChI=1S/C36H23N3O/c1-2-12-24-21-31-29(20-23(24)11-1)26-15-5-7-18-30(26)39(31)36-34-33(28-16-6-8-19-32(28)40-34)37-35(38-36)27-17-9-13-22-10-3-4-14-25(22)27/h1-21,35,37H. The molecule has 1 aliphatic rings. The van der Waals surface area contributed by atoms with Crippen LogP contribution in [0.25, 0.3) is 54.3 Å². The van der Waals surface area contributed by atoms with E-state index in [1.807, 2.05) is 12.1 Å². The summed E-state index contributed by atoms with van der Waals surface area (Å²) in [5, 5.41) is 12.0. The Morgan fingerprint density at radius 3 is 2.12 bits per heavy atom. The van der Waals surface area contributed by atoms with Gasteiger partial charge < -0.3 is 9.73 Å². The Labute approximate surface area is 229 Å². The number of hydrogen-bond acceptors (Lipinski definition) is 3. The molecule has 9 rings (SSSR count). The van der Waals surface area contributed by atoms with Gasteiger partial charge in [0.1, 0.15) is 11.7 Å². The molecule has 0 spiro atoms. The maximum Gasteiger partial charge on any atom is 0.194 e. The second-order valence-electron chi connectivity index (χ2n) is 10.4. The Hall–Kier alpha value is -5.35. The molecule has 0 aliphatic carbocycles. The first-order valence-electron chi connectivity index (χ1n) is 13.6. The first-order chi connectivity index (χ1) is 19.8. The van der Waals surface area contributed by atoms with Crippen LogP contribution in [0.4, 0.5) is 5.69 Å². The molecule has 4 nitrogen and oxygen atoms in total. The Morgan fingerprint density at radius 2 is 1.25 bits per heavy atom. The third kappa shape index (κ3) is 2.99. The number of rotatable bonds is 1. The monoisotopic (exact) mass is 513 g/mol. The number of aliphatic imine (C=N–C) groups is 1. The van der Waals surface area contributed by atoms with Crippen LogP contribution in [0.2, 0.25) is 0 Å². The van der Waals surface area contributed by atoms with Gasteiger partial charge in [-0.15, -0.1) is 0 Å². The minimum Gasteiger partial charge on any atom is -0.451 e. The zero-order valence-electron chi connectivity index (χ0n) is 21.5. The van der Waals surface area contributed by atoms with E-state index in [1.54, 1.807) is 0 Å². The van der Waals surface area contributed by atoms with E-state index in [0.717, 1.165) is 44.8 Å². The number of nitrogens with one attached hydrogen (secondary N) is 1. The summed E-state index contributed by atoms with van der Waals surface area (Å²) < 4.78 is 8.86. The van der Waals surface area contributed by atoms with Gasteiger partial charge in [0, 0.05) is 21.7 Å². The summed E-state index contributed by atoms with van der Waals surface area (Å²) in [6.07, 6.45) is -0.286. The molecular formula is C36H23N3O. The molecule has 1 N–H and O–H groups in total. The predicted molar refractivity (Wildman–Crippen MR) is 165 cm³/mol. The first-order valence-corrected chi connectivity index (χ1v) is 13.6. The summed E-state index contributed by atoms with van der Waals surface area (Å²) in [7, 11) is 0. The topological polar surface area (TPSA) is 42.5 Å². The highest BCUT2D eigenvalue weighted by atomic mass is 16.3. The second-order valence-corrected chi connectivity index (χ2v) is 10.4. The number of nitrogens with zero attached hydrogens (tertiary/aromatic N) is 2. The highest BCUT2D eigenvalue weighted by Crippen LogP contribution is 2.42. The largest absolute Gasteiger partial charge is 0.451 e. The summed E-state index contributed by atoms with van der Waals surface area (Å²) in [5.74, 6) is 1.57. The van der Waals surface area contributed by atoms with E-state index >= 15 is 0 Å². The molecule has 0 fully saturated rings. The van der Waals surface area contributed by atoms with E-state index in [1.165, 1.54) is 32.3 Å². The number of para-hydroxylation sites is 2. The van der Waals surface area contributed by atoms with Gasteiger partial charge in [0.15, 0.2) is 11.6 Å². The van der Waals surface area contributed by atoms with Crippen molar-refractivity contribution in [1.82, 2.24) is 4.57 Å². The van der Waals surface area contributed by atoms with Gasteiger partial charge in [-0.05, 0) is 51.9 Å². The Morgan fingerprint density at radius 1 is 0.575 bits per heavy atom. The van der Waals surface area contributed by atoms with Crippen molar-refractivity contribution in [2.45, 2.75) is 6.17 Å². The Kier molecular flexibility index (Phi) is 4.35. The van der Waals surface area contributed by atoms with E-state index in [-0.39, 0.29) is 6.17 Å². The van der Waals surface area contributed by atoms with Crippen molar-refractivity contribution >= 4 is 65.8 Å². The average Bonchev–Trinajstić information content (AvgIpc) is 3.55. The average molecular weight is 514 g/mol. The number of fused-ring (bicyclic) bond motifs is 8. The molecule has 1 atom stereocenters. The fourth-order valence-electron chi connectivity index (χ4n) is 6.37. The SMILES string of the molecule is c1ccc2cc3c(cc2c1)c1ccccc1n3C1=NC(c2cccc3ccccc23)Nc2c1oc1ccccc21. The maximum absolute atomic E-state index is 6.57. The van der Waals surface area contributed by atoms with Crippen molar-refractivity contribution in [3.63, 3.8) is 0 Å². The van der Waals surface area contributed by atoms with Gasteiger partial charge in [-0.3, -0.25) is 4.57 Å². The fraction of sp³-hybridized carbons (Fsp3) is 0.0278. The molecule has 0 bridgehead atoms. The smallest absolute Gasteiger partial charge is 0.194 e. The number of furan rings is 1. The van der Waals surface area contributed by atoms with Crippen LogP contribution in [0.15, 0.2) is 137 Å². The lowest BCUT2D eigenvalue weighted by atomic mass is 10.0. The quantitative estimate of drug-likeness (QED) is 0.238. The van der Waals surface area contributed by atoms with E-state index < -0.39 is 0 Å². The number of benzene rings is 6. The molecule has 1 unspecified atom stereocenters. The summed E-state index contributed by atoms with van der Waals surface area (Å²) in [4.78, 5) is 5.44. The van der Waals surface area contributed by atoms with Gasteiger partial charge in [-0.2, -0.15) is 0 Å². The van der Waals surface area contributed by atoms with Gasteiger partial charge in [0.2, 0.25) is 0 Å². The molecule has 0 saturated heterocycles. The lowest BCUT2D eigenvalue weighted by molar-refractivity contribution is 0.595. The Bertz CT molecular complexity index is 2320. The van der Waals surface area contributed by atoms with Crippen molar-refractivity contribution in [3.8, 4) is 0 Å². The minimum absolute atomic E-state index is 0.286. The van der Waals surface area contributed by atoms with Crippen LogP contribution in [0.5, 0.6) is 0 Å². The van der Waals surface area contributed by atoms with Crippen LogP contribution >= 0.6 is 0 Å². The lowest BCUT2D eigenvalue weighted by Gasteiger charge is -2.25. The molecule has 2 aromatic heterocycles. The third-order valence-electron chi connectivity index (χ3n) is 8.20. The molecule has 0 saturated carbocycles. The molecule has 4 heteroatoms. The Balaban J connectivity index is 1.40. The highest BCUT2D eigenvalue weighted by molar-refractivity contribution is 6.22. The normalized spacial score (nSPS) is 15.1. The third-order valence-corrected chi connectivity index (χ3v) is 8.20. The molecule has 1 aliphatic heterocycles. The fourth-order valence-corrected chi connectivity index (χ4v) is 6.37. The number of hydrogen-bond donors (Lipinski definition) is 1. The van der Waals surface area contributed by atoms with Gasteiger partial charge in [0.25, 0.3) is 0 Å². The van der Waals surface area contributed by atoms with Crippen LogP contribution in [-0.4, -0.2) is 10.4 Å². The van der Waals surface area contributed by atoms with Gasteiger partial charge in [-0.1, -0.05) is 97.1 Å². The van der Waals surface area contributed by atoms with E-state index in [4.69, 9.17) is 9.41 Å². The lowest BCUT2D eigenvalue weighted by Crippen LogP contribution is -2.24. The molecule has 3 heterocycles. The zero-order chi connectivity index (χ0) is 26.2. The molecule has 0 amide bonds. The van der Waals surface area contributed by atoms with Gasteiger partial charge in [-0.25, -0.2) is 4.99 Å². The van der Waals surface area contributed by atoms with Crippen molar-refractivity contribution in [2.24, 2.45) is 4.99 Å². The van der Waals surface area contributed by atoms with Crippen molar-refractivity contribution in [3.05, 3.63) is 139 Å². The molecule has 6 aromatic carbocycles. The van der Waals surface area contributed by atoms with Crippen LogP contribution < -0.4 is 5.32 Å². The number of anilines is 1. The van der Waals surface area contributed by atoms with E-state index in [9.17, 15) is 0 Å². The number of aromatic nitrogens is 1. The zero-order valence-corrected chi connectivity index (χ0v) is 21.5. The van der Waals surface area contributed by atoms with Crippen LogP contribution in [0.3, 0.4) is 0 Å². The summed E-state index contributed by atoms with van der Waals surface area (Å²) in [6.45, 7) is 0. The van der Waals surface area contributed by atoms with Gasteiger partial charge >= 0.3 is 0 Å². The maximum atomic E-state index is 6.57. The summed E-state index contributed by atoms with van der Waals surface area (Å²) in [5.41, 5.74) is 5.18. The minimum atomic E-state index is -0.286. The summed E-state index contributed by atoms with van der Waals surface area (Å²) in [6, 6.07) is 44.9. The first kappa shape index (κ1) is 21.6. The van der Waals surface area contributed by atoms with Gasteiger partial charge in [0.05, 0.1) is 16.7 Å². The van der Waals surface area contributed by atoms with Crippen molar-refractivity contribution < 1.29 is 4.42 Å². The van der Waals surface area contributed by atoms with Crippen LogP contribution in [-0.2, 0) is 0 Å². The van der Waals surface area contributed by atoms with Crippen molar-refractivity contribution in [2.75, 3.05) is 5.32 Å². The van der Waals surface area contributed by atoms with E-state index in [0.29, 0.717) is 0 Å². The van der Waals surface area contributed by atoms with Crippen molar-refractivity contribution in [1.29, 1.82) is 0 Å².